The summed E-state index contributed by atoms with van der Waals surface area (Å²) in [6.07, 6.45) is 3.77. The highest BCUT2D eigenvalue weighted by atomic mass is 19.1. The van der Waals surface area contributed by atoms with Crippen LogP contribution in [0.1, 0.15) is 19.3 Å². The van der Waals surface area contributed by atoms with Crippen LogP contribution < -0.4 is 4.74 Å². The van der Waals surface area contributed by atoms with E-state index in [0.717, 1.165) is 19.3 Å². The number of aromatic nitrogens is 1. The zero-order chi connectivity index (χ0) is 14.7. The summed E-state index contributed by atoms with van der Waals surface area (Å²) in [5.41, 5.74) is 0.714. The number of hydrogen-bond donors (Lipinski definition) is 0. The highest BCUT2D eigenvalue weighted by Crippen LogP contribution is 2.21. The van der Waals surface area contributed by atoms with Gasteiger partial charge in [-0.05, 0) is 18.9 Å². The second-order valence-electron chi connectivity index (χ2n) is 5.20. The zero-order valence-electron chi connectivity index (χ0n) is 11.6. The fourth-order valence-corrected chi connectivity index (χ4v) is 2.56. The van der Waals surface area contributed by atoms with Crippen molar-refractivity contribution in [3.8, 4) is 5.88 Å². The Morgan fingerprint density at radius 1 is 1.48 bits per heavy atom. The Labute approximate surface area is 122 Å². The molecule has 0 aliphatic carbocycles. The van der Waals surface area contributed by atoms with Gasteiger partial charge in [0.1, 0.15) is 6.10 Å². The van der Waals surface area contributed by atoms with Crippen LogP contribution in [0, 0.1) is 5.95 Å². The van der Waals surface area contributed by atoms with Crippen LogP contribution >= 0.6 is 0 Å². The minimum Gasteiger partial charge on any atom is -0.501 e. The third kappa shape index (κ3) is 3.32. The molecule has 3 rings (SSSR count). The Balaban J connectivity index is 1.58. The van der Waals surface area contributed by atoms with E-state index in [2.05, 4.69) is 4.98 Å². The fraction of sp³-hybridized carbons (Fsp3) is 0.467. The number of likely N-dealkylation sites (tertiary alicyclic amines) is 1. The smallest absolute Gasteiger partial charge is 0.252 e. The number of halogens is 1. The molecule has 1 saturated heterocycles. The van der Waals surface area contributed by atoms with Gasteiger partial charge in [-0.3, -0.25) is 4.79 Å². The van der Waals surface area contributed by atoms with Gasteiger partial charge in [0.15, 0.2) is 0 Å². The first-order valence-electron chi connectivity index (χ1n) is 7.11. The van der Waals surface area contributed by atoms with E-state index in [1.165, 1.54) is 6.07 Å². The average molecular weight is 292 g/mol. The van der Waals surface area contributed by atoms with Crippen molar-refractivity contribution in [2.75, 3.05) is 19.7 Å². The molecule has 2 aliphatic rings. The minimum atomic E-state index is -0.567. The Bertz CT molecular complexity index is 562. The van der Waals surface area contributed by atoms with Gasteiger partial charge in [0, 0.05) is 19.0 Å². The summed E-state index contributed by atoms with van der Waals surface area (Å²) in [5, 5.41) is 0. The Hall–Kier alpha value is -2.11. The molecule has 112 valence electrons. The molecule has 0 spiro atoms. The van der Waals surface area contributed by atoms with Crippen molar-refractivity contribution in [1.82, 2.24) is 9.88 Å². The summed E-state index contributed by atoms with van der Waals surface area (Å²) in [4.78, 5) is 17.7. The Kier molecular flexibility index (Phi) is 4.03. The summed E-state index contributed by atoms with van der Waals surface area (Å²) < 4.78 is 23.8. The highest BCUT2D eigenvalue weighted by Gasteiger charge is 2.30. The molecular weight excluding hydrogens is 275 g/mol. The number of hydrogen-bond acceptors (Lipinski definition) is 4. The van der Waals surface area contributed by atoms with E-state index in [-0.39, 0.29) is 17.9 Å². The molecule has 0 saturated carbocycles. The van der Waals surface area contributed by atoms with Gasteiger partial charge in [0.25, 0.3) is 5.91 Å². The number of amides is 1. The number of nitrogens with zero attached hydrogens (tertiary/aromatic N) is 2. The van der Waals surface area contributed by atoms with Gasteiger partial charge in [-0.1, -0.05) is 6.07 Å². The maximum atomic E-state index is 13.0. The van der Waals surface area contributed by atoms with Gasteiger partial charge in [-0.2, -0.15) is 9.37 Å². The van der Waals surface area contributed by atoms with Crippen LogP contribution in [0.15, 0.2) is 30.0 Å². The molecule has 0 radical (unpaired) electrons. The average Bonchev–Trinajstić information content (AvgIpc) is 2.96. The molecule has 0 N–H and O–H groups in total. The van der Waals surface area contributed by atoms with E-state index in [9.17, 15) is 9.18 Å². The van der Waals surface area contributed by atoms with Gasteiger partial charge in [-0.25, -0.2) is 0 Å². The fourth-order valence-electron chi connectivity index (χ4n) is 2.56. The largest absolute Gasteiger partial charge is 0.501 e. The zero-order valence-corrected chi connectivity index (χ0v) is 11.6. The summed E-state index contributed by atoms with van der Waals surface area (Å²) >= 11 is 0. The van der Waals surface area contributed by atoms with Crippen molar-refractivity contribution in [3.05, 3.63) is 36.0 Å². The van der Waals surface area contributed by atoms with Gasteiger partial charge in [0.05, 0.1) is 25.0 Å². The standard InChI is InChI=1S/C15H17FN2O3/c16-13-4-1-5-14(17-13)21-12-6-7-18(9-12)15(19)11-3-2-8-20-10-11/h1,4-5,10,12H,2-3,6-9H2. The lowest BCUT2D eigenvalue weighted by atomic mass is 10.1. The van der Waals surface area contributed by atoms with Crippen LogP contribution in [-0.2, 0) is 9.53 Å². The lowest BCUT2D eigenvalue weighted by molar-refractivity contribution is -0.126. The number of carbonyl (C=O) groups is 1. The SMILES string of the molecule is O=C(C1=COCCC1)N1CCC(Oc2cccc(F)n2)C1. The van der Waals surface area contributed by atoms with Gasteiger partial charge in [0.2, 0.25) is 11.8 Å². The van der Waals surface area contributed by atoms with Crippen LogP contribution in [0.2, 0.25) is 0 Å². The van der Waals surface area contributed by atoms with Crippen molar-refractivity contribution in [3.63, 3.8) is 0 Å². The molecule has 1 fully saturated rings. The summed E-state index contributed by atoms with van der Waals surface area (Å²) in [7, 11) is 0. The maximum absolute atomic E-state index is 13.0. The molecule has 21 heavy (non-hydrogen) atoms. The number of carbonyl (C=O) groups excluding carboxylic acids is 1. The second-order valence-corrected chi connectivity index (χ2v) is 5.20. The molecule has 1 aromatic rings. The van der Waals surface area contributed by atoms with Gasteiger partial charge < -0.3 is 14.4 Å². The predicted molar refractivity (Wildman–Crippen MR) is 73.1 cm³/mol. The van der Waals surface area contributed by atoms with E-state index in [1.54, 1.807) is 23.3 Å². The predicted octanol–water partition coefficient (Wildman–Crippen LogP) is 1.89. The van der Waals surface area contributed by atoms with E-state index >= 15 is 0 Å². The molecule has 0 aromatic carbocycles. The van der Waals surface area contributed by atoms with E-state index < -0.39 is 5.95 Å². The lowest BCUT2D eigenvalue weighted by Gasteiger charge is -2.20. The molecule has 6 heteroatoms. The number of ether oxygens (including phenoxy) is 2. The van der Waals surface area contributed by atoms with E-state index in [0.29, 0.717) is 25.3 Å². The van der Waals surface area contributed by atoms with Crippen molar-refractivity contribution in [2.24, 2.45) is 0 Å². The summed E-state index contributed by atoms with van der Waals surface area (Å²) in [6, 6.07) is 4.44. The molecular formula is C15H17FN2O3. The Morgan fingerprint density at radius 3 is 3.14 bits per heavy atom. The number of pyridine rings is 1. The second kappa shape index (κ2) is 6.11. The van der Waals surface area contributed by atoms with Crippen molar-refractivity contribution < 1.29 is 18.7 Å². The van der Waals surface area contributed by atoms with Crippen molar-refractivity contribution >= 4 is 5.91 Å². The molecule has 2 aliphatic heterocycles. The van der Waals surface area contributed by atoms with E-state index in [1.807, 2.05) is 0 Å². The first-order chi connectivity index (χ1) is 10.2. The van der Waals surface area contributed by atoms with Gasteiger partial charge >= 0.3 is 0 Å². The first kappa shape index (κ1) is 13.9. The lowest BCUT2D eigenvalue weighted by Crippen LogP contribution is -2.32. The molecule has 1 amide bonds. The molecule has 3 heterocycles. The monoisotopic (exact) mass is 292 g/mol. The van der Waals surface area contributed by atoms with Crippen LogP contribution in [0.5, 0.6) is 5.88 Å². The van der Waals surface area contributed by atoms with Gasteiger partial charge in [-0.15, -0.1) is 0 Å². The van der Waals surface area contributed by atoms with Crippen LogP contribution in [0.3, 0.4) is 0 Å². The topological polar surface area (TPSA) is 51.7 Å². The van der Waals surface area contributed by atoms with Crippen molar-refractivity contribution in [1.29, 1.82) is 0 Å². The quantitative estimate of drug-likeness (QED) is 0.798. The minimum absolute atomic E-state index is 0.00741. The van der Waals surface area contributed by atoms with Crippen LogP contribution in [-0.4, -0.2) is 41.6 Å². The molecule has 1 aromatic heterocycles. The van der Waals surface area contributed by atoms with E-state index in [4.69, 9.17) is 9.47 Å². The summed E-state index contributed by atoms with van der Waals surface area (Å²) in [5.74, 6) is -0.301. The molecule has 0 bridgehead atoms. The molecule has 1 atom stereocenters. The molecule has 5 nitrogen and oxygen atoms in total. The van der Waals surface area contributed by atoms with Crippen LogP contribution in [0.25, 0.3) is 0 Å². The van der Waals surface area contributed by atoms with Crippen molar-refractivity contribution in [2.45, 2.75) is 25.4 Å². The third-order valence-electron chi connectivity index (χ3n) is 3.62. The van der Waals surface area contributed by atoms with Crippen LogP contribution in [0.4, 0.5) is 4.39 Å². The first-order valence-corrected chi connectivity index (χ1v) is 7.11. The third-order valence-corrected chi connectivity index (χ3v) is 3.62. The molecule has 1 unspecified atom stereocenters. The highest BCUT2D eigenvalue weighted by molar-refractivity contribution is 5.93. The Morgan fingerprint density at radius 2 is 2.38 bits per heavy atom. The number of rotatable bonds is 3. The normalized spacial score (nSPS) is 21.7. The summed E-state index contributed by atoms with van der Waals surface area (Å²) in [6.45, 7) is 1.80. The maximum Gasteiger partial charge on any atom is 0.252 e.